The van der Waals surface area contributed by atoms with E-state index in [0.29, 0.717) is 17.8 Å². The second-order valence-corrected chi connectivity index (χ2v) is 5.62. The van der Waals surface area contributed by atoms with E-state index < -0.39 is 0 Å². The van der Waals surface area contributed by atoms with Gasteiger partial charge >= 0.3 is 0 Å². The Bertz CT molecular complexity index is 372. The molecular formula is C14H24N4. The van der Waals surface area contributed by atoms with Crippen LogP contribution in [0.3, 0.4) is 0 Å². The normalized spacial score (nSPS) is 16.4. The molecule has 0 aliphatic heterocycles. The third-order valence-electron chi connectivity index (χ3n) is 3.65. The van der Waals surface area contributed by atoms with Crippen molar-refractivity contribution in [1.29, 1.82) is 0 Å². The van der Waals surface area contributed by atoms with Gasteiger partial charge in [-0.25, -0.2) is 4.98 Å². The fourth-order valence-corrected chi connectivity index (χ4v) is 2.61. The molecule has 4 heteroatoms. The maximum Gasteiger partial charge on any atom is 0.149 e. The van der Waals surface area contributed by atoms with E-state index in [1.807, 2.05) is 6.20 Å². The summed E-state index contributed by atoms with van der Waals surface area (Å²) in [5, 5.41) is 0. The summed E-state index contributed by atoms with van der Waals surface area (Å²) in [5.41, 5.74) is 5.75. The van der Waals surface area contributed by atoms with Gasteiger partial charge in [0.25, 0.3) is 0 Å². The van der Waals surface area contributed by atoms with Crippen LogP contribution in [0.5, 0.6) is 0 Å². The Morgan fingerprint density at radius 1 is 1.33 bits per heavy atom. The molecule has 18 heavy (non-hydrogen) atoms. The number of rotatable bonds is 5. The van der Waals surface area contributed by atoms with Crippen LogP contribution in [-0.4, -0.2) is 22.6 Å². The minimum atomic E-state index is 0.514. The lowest BCUT2D eigenvalue weighted by atomic mass is 10.1. The minimum absolute atomic E-state index is 0.514. The zero-order chi connectivity index (χ0) is 13.0. The van der Waals surface area contributed by atoms with E-state index in [-0.39, 0.29) is 0 Å². The topological polar surface area (TPSA) is 55.0 Å². The molecule has 100 valence electrons. The highest BCUT2D eigenvalue weighted by Gasteiger charge is 2.23. The summed E-state index contributed by atoms with van der Waals surface area (Å²) in [6, 6.07) is 0.625. The number of nitrogens with zero attached hydrogens (tertiary/aromatic N) is 3. The van der Waals surface area contributed by atoms with E-state index in [1.54, 1.807) is 6.20 Å². The minimum Gasteiger partial charge on any atom is -0.382 e. The van der Waals surface area contributed by atoms with Gasteiger partial charge in [0.1, 0.15) is 11.6 Å². The average molecular weight is 248 g/mol. The van der Waals surface area contributed by atoms with Crippen LogP contribution < -0.4 is 10.6 Å². The van der Waals surface area contributed by atoms with E-state index >= 15 is 0 Å². The van der Waals surface area contributed by atoms with Crippen molar-refractivity contribution in [3.8, 4) is 0 Å². The molecule has 0 atom stereocenters. The summed E-state index contributed by atoms with van der Waals surface area (Å²) in [6.45, 7) is 5.58. The average Bonchev–Trinajstić information content (AvgIpc) is 2.83. The van der Waals surface area contributed by atoms with Crippen molar-refractivity contribution in [2.75, 3.05) is 17.2 Å². The Morgan fingerprint density at radius 3 is 2.67 bits per heavy atom. The summed E-state index contributed by atoms with van der Waals surface area (Å²) < 4.78 is 0. The van der Waals surface area contributed by atoms with Crippen LogP contribution >= 0.6 is 0 Å². The highest BCUT2D eigenvalue weighted by molar-refractivity contribution is 5.42. The predicted molar refractivity (Wildman–Crippen MR) is 75.5 cm³/mol. The van der Waals surface area contributed by atoms with Crippen molar-refractivity contribution in [1.82, 2.24) is 9.97 Å². The van der Waals surface area contributed by atoms with E-state index in [9.17, 15) is 0 Å². The number of hydrogen-bond acceptors (Lipinski definition) is 4. The van der Waals surface area contributed by atoms with Crippen LogP contribution in [0, 0.1) is 5.92 Å². The van der Waals surface area contributed by atoms with Gasteiger partial charge in [-0.1, -0.05) is 26.7 Å². The molecule has 0 unspecified atom stereocenters. The molecule has 0 saturated heterocycles. The molecule has 0 amide bonds. The first kappa shape index (κ1) is 13.1. The first-order valence-corrected chi connectivity index (χ1v) is 7.01. The van der Waals surface area contributed by atoms with Crippen molar-refractivity contribution in [2.45, 2.75) is 52.0 Å². The van der Waals surface area contributed by atoms with Crippen molar-refractivity contribution in [3.63, 3.8) is 0 Å². The Labute approximate surface area is 110 Å². The number of anilines is 2. The smallest absolute Gasteiger partial charge is 0.149 e. The zero-order valence-electron chi connectivity index (χ0n) is 11.5. The van der Waals surface area contributed by atoms with E-state index in [0.717, 1.165) is 12.4 Å². The highest BCUT2D eigenvalue weighted by atomic mass is 15.2. The Hall–Kier alpha value is -1.32. The third-order valence-corrected chi connectivity index (χ3v) is 3.65. The fraction of sp³-hybridized carbons (Fsp3) is 0.714. The summed E-state index contributed by atoms with van der Waals surface area (Å²) in [4.78, 5) is 11.0. The molecule has 1 aliphatic rings. The first-order chi connectivity index (χ1) is 8.66. The van der Waals surface area contributed by atoms with Crippen molar-refractivity contribution < 1.29 is 0 Å². The molecule has 2 N–H and O–H groups in total. The standard InChI is InChI=1S/C14H24N4/c1-11(2)7-8-18(12-5-3-4-6-12)14-10-16-9-13(15)17-14/h9-12H,3-8H2,1-2H3,(H2,15,17). The van der Waals surface area contributed by atoms with Gasteiger partial charge in [0.05, 0.1) is 12.4 Å². The Balaban J connectivity index is 2.12. The quantitative estimate of drug-likeness (QED) is 0.870. The monoisotopic (exact) mass is 248 g/mol. The summed E-state index contributed by atoms with van der Waals surface area (Å²) in [5.74, 6) is 2.17. The van der Waals surface area contributed by atoms with Gasteiger partial charge < -0.3 is 10.6 Å². The molecule has 0 spiro atoms. The maximum absolute atomic E-state index is 5.75. The lowest BCUT2D eigenvalue weighted by molar-refractivity contribution is 0.524. The SMILES string of the molecule is CC(C)CCN(c1cncc(N)n1)C1CCCC1. The molecule has 0 radical (unpaired) electrons. The van der Waals surface area contributed by atoms with Gasteiger partial charge in [0.15, 0.2) is 0 Å². The molecule has 1 saturated carbocycles. The largest absolute Gasteiger partial charge is 0.382 e. The number of nitrogens with two attached hydrogens (primary N) is 1. The number of hydrogen-bond donors (Lipinski definition) is 1. The third kappa shape index (κ3) is 3.34. The van der Waals surface area contributed by atoms with Gasteiger partial charge in [-0.15, -0.1) is 0 Å². The number of nitrogen functional groups attached to an aromatic ring is 1. The van der Waals surface area contributed by atoms with Gasteiger partial charge in [-0.3, -0.25) is 4.98 Å². The lowest BCUT2D eigenvalue weighted by Gasteiger charge is -2.30. The van der Waals surface area contributed by atoms with Crippen molar-refractivity contribution in [3.05, 3.63) is 12.4 Å². The molecule has 4 nitrogen and oxygen atoms in total. The Morgan fingerprint density at radius 2 is 2.06 bits per heavy atom. The summed E-state index contributed by atoms with van der Waals surface area (Å²) >= 11 is 0. The van der Waals surface area contributed by atoms with Crippen LogP contribution in [0.15, 0.2) is 12.4 Å². The van der Waals surface area contributed by atoms with Gasteiger partial charge in [0.2, 0.25) is 0 Å². The fourth-order valence-electron chi connectivity index (χ4n) is 2.61. The zero-order valence-corrected chi connectivity index (χ0v) is 11.5. The van der Waals surface area contributed by atoms with Gasteiger partial charge in [-0.2, -0.15) is 0 Å². The van der Waals surface area contributed by atoms with Gasteiger partial charge in [0, 0.05) is 12.6 Å². The van der Waals surface area contributed by atoms with Crippen molar-refractivity contribution >= 4 is 11.6 Å². The summed E-state index contributed by atoms with van der Waals surface area (Å²) in [7, 11) is 0. The lowest BCUT2D eigenvalue weighted by Crippen LogP contribution is -2.35. The van der Waals surface area contributed by atoms with Crippen LogP contribution in [0.2, 0.25) is 0 Å². The maximum atomic E-state index is 5.75. The molecule has 1 aromatic heterocycles. The first-order valence-electron chi connectivity index (χ1n) is 7.01. The molecule has 1 aromatic rings. The van der Waals surface area contributed by atoms with Crippen LogP contribution in [-0.2, 0) is 0 Å². The second-order valence-electron chi connectivity index (χ2n) is 5.62. The van der Waals surface area contributed by atoms with Gasteiger partial charge in [-0.05, 0) is 25.2 Å². The van der Waals surface area contributed by atoms with E-state index in [2.05, 4.69) is 28.7 Å². The predicted octanol–water partition coefficient (Wildman–Crippen LogP) is 2.85. The second kappa shape index (κ2) is 6.03. The van der Waals surface area contributed by atoms with Crippen LogP contribution in [0.25, 0.3) is 0 Å². The Kier molecular flexibility index (Phi) is 4.39. The summed E-state index contributed by atoms with van der Waals surface area (Å²) in [6.07, 6.45) is 9.85. The highest BCUT2D eigenvalue weighted by Crippen LogP contribution is 2.27. The molecule has 1 heterocycles. The molecule has 0 aromatic carbocycles. The molecule has 2 rings (SSSR count). The van der Waals surface area contributed by atoms with Crippen LogP contribution in [0.1, 0.15) is 46.0 Å². The molecule has 0 bridgehead atoms. The van der Waals surface area contributed by atoms with Crippen molar-refractivity contribution in [2.24, 2.45) is 5.92 Å². The van der Waals surface area contributed by atoms with Crippen LogP contribution in [0.4, 0.5) is 11.6 Å². The molecule has 1 fully saturated rings. The van der Waals surface area contributed by atoms with E-state index in [4.69, 9.17) is 5.73 Å². The number of aromatic nitrogens is 2. The van der Waals surface area contributed by atoms with E-state index in [1.165, 1.54) is 32.1 Å². The molecular weight excluding hydrogens is 224 g/mol. The molecule has 1 aliphatic carbocycles.